The van der Waals surface area contributed by atoms with Crippen LogP contribution >= 0.6 is 0 Å². The Labute approximate surface area is 134 Å². The van der Waals surface area contributed by atoms with Gasteiger partial charge in [0.2, 0.25) is 11.8 Å². The van der Waals surface area contributed by atoms with Crippen LogP contribution in [0, 0.1) is 16.0 Å². The Balaban J connectivity index is 1.94. The van der Waals surface area contributed by atoms with E-state index in [0.29, 0.717) is 25.5 Å². The van der Waals surface area contributed by atoms with Crippen LogP contribution in [0.3, 0.4) is 0 Å². The van der Waals surface area contributed by atoms with Gasteiger partial charge in [0.25, 0.3) is 0 Å². The molecule has 1 saturated carbocycles. The number of hydrogen-bond acceptors (Lipinski definition) is 8. The molecule has 9 heteroatoms. The summed E-state index contributed by atoms with van der Waals surface area (Å²) in [6.07, 6.45) is 3.46. The van der Waals surface area contributed by atoms with Crippen LogP contribution < -0.4 is 10.6 Å². The second-order valence-corrected chi connectivity index (χ2v) is 5.60. The van der Waals surface area contributed by atoms with Crippen LogP contribution in [0.25, 0.3) is 0 Å². The van der Waals surface area contributed by atoms with Crippen molar-refractivity contribution < 1.29 is 14.5 Å². The molecule has 0 saturated heterocycles. The van der Waals surface area contributed by atoms with Crippen LogP contribution in [0.5, 0.6) is 0 Å². The molecule has 0 aromatic carbocycles. The molecule has 23 heavy (non-hydrogen) atoms. The highest BCUT2D eigenvalue weighted by Gasteiger charge is 2.26. The largest absolute Gasteiger partial charge is 0.466 e. The minimum Gasteiger partial charge on any atom is -0.466 e. The Hall–Kier alpha value is -2.45. The summed E-state index contributed by atoms with van der Waals surface area (Å²) >= 11 is 0. The van der Waals surface area contributed by atoms with E-state index in [1.165, 1.54) is 6.20 Å². The minimum absolute atomic E-state index is 0.0349. The molecule has 1 fully saturated rings. The average Bonchev–Trinajstić information content (AvgIpc) is 3.29. The summed E-state index contributed by atoms with van der Waals surface area (Å²) in [7, 11) is 0. The number of nitrogens with zero attached hydrogens (tertiary/aromatic N) is 3. The highest BCUT2D eigenvalue weighted by Crippen LogP contribution is 2.29. The molecular weight excluding hydrogens is 302 g/mol. The number of anilines is 2. The summed E-state index contributed by atoms with van der Waals surface area (Å²) < 4.78 is 4.89. The highest BCUT2D eigenvalue weighted by molar-refractivity contribution is 5.69. The first kappa shape index (κ1) is 16.9. The van der Waals surface area contributed by atoms with Crippen molar-refractivity contribution in [1.82, 2.24) is 9.97 Å². The summed E-state index contributed by atoms with van der Waals surface area (Å²) in [6, 6.07) is 0.249. The zero-order valence-corrected chi connectivity index (χ0v) is 13.2. The molecule has 0 spiro atoms. The first-order valence-corrected chi connectivity index (χ1v) is 7.67. The molecule has 1 aliphatic rings. The lowest BCUT2D eigenvalue weighted by Crippen LogP contribution is -2.18. The van der Waals surface area contributed by atoms with Gasteiger partial charge in [0, 0.05) is 19.0 Å². The lowest BCUT2D eigenvalue weighted by Gasteiger charge is -2.12. The second kappa shape index (κ2) is 7.70. The molecule has 1 aromatic heterocycles. The molecule has 2 rings (SSSR count). The minimum atomic E-state index is -0.502. The standard InChI is InChI=1S/C14H21N5O4/c1-3-23-12(20)6-9(2)7-15-14-16-8-11(19(21)22)13(18-14)17-10-4-5-10/h8-10H,3-7H2,1-2H3,(H2,15,16,17,18). The molecular formula is C14H21N5O4. The van der Waals surface area contributed by atoms with Crippen molar-refractivity contribution in [1.29, 1.82) is 0 Å². The number of hydrogen-bond donors (Lipinski definition) is 2. The number of carbonyl (C=O) groups excluding carboxylic acids is 1. The molecule has 1 aliphatic carbocycles. The van der Waals surface area contributed by atoms with Crippen molar-refractivity contribution in [3.63, 3.8) is 0 Å². The fourth-order valence-corrected chi connectivity index (χ4v) is 1.96. The fraction of sp³-hybridized carbons (Fsp3) is 0.643. The lowest BCUT2D eigenvalue weighted by atomic mass is 10.1. The van der Waals surface area contributed by atoms with E-state index in [0.717, 1.165) is 12.8 Å². The van der Waals surface area contributed by atoms with Crippen LogP contribution in [0.15, 0.2) is 6.20 Å². The van der Waals surface area contributed by atoms with E-state index >= 15 is 0 Å². The van der Waals surface area contributed by atoms with Gasteiger partial charge in [-0.1, -0.05) is 6.92 Å². The number of esters is 1. The Morgan fingerprint density at radius 3 is 2.91 bits per heavy atom. The summed E-state index contributed by atoms with van der Waals surface area (Å²) in [5, 5.41) is 17.0. The lowest BCUT2D eigenvalue weighted by molar-refractivity contribution is -0.384. The average molecular weight is 323 g/mol. The van der Waals surface area contributed by atoms with Gasteiger partial charge < -0.3 is 15.4 Å². The number of carbonyl (C=O) groups is 1. The van der Waals surface area contributed by atoms with Crippen LogP contribution in [0.2, 0.25) is 0 Å². The van der Waals surface area contributed by atoms with Gasteiger partial charge in [0.05, 0.1) is 11.5 Å². The highest BCUT2D eigenvalue weighted by atomic mass is 16.6. The quantitative estimate of drug-likeness (QED) is 0.402. The number of nitrogens with one attached hydrogen (secondary N) is 2. The molecule has 9 nitrogen and oxygen atoms in total. The van der Waals surface area contributed by atoms with E-state index in [1.807, 2.05) is 6.92 Å². The summed E-state index contributed by atoms with van der Waals surface area (Å²) in [5.74, 6) is 0.317. The number of nitro groups is 1. The maximum Gasteiger partial charge on any atom is 0.329 e. The third-order valence-electron chi connectivity index (χ3n) is 3.31. The molecule has 0 aliphatic heterocycles. The van der Waals surface area contributed by atoms with Gasteiger partial charge >= 0.3 is 11.7 Å². The Bertz CT molecular complexity index is 576. The van der Waals surface area contributed by atoms with E-state index in [9.17, 15) is 14.9 Å². The van der Waals surface area contributed by atoms with Crippen molar-refractivity contribution in [2.24, 2.45) is 5.92 Å². The molecule has 1 unspecified atom stereocenters. The van der Waals surface area contributed by atoms with Crippen LogP contribution in [0.1, 0.15) is 33.1 Å². The van der Waals surface area contributed by atoms with E-state index < -0.39 is 4.92 Å². The van der Waals surface area contributed by atoms with Crippen LogP contribution in [-0.4, -0.2) is 40.1 Å². The molecule has 1 heterocycles. The van der Waals surface area contributed by atoms with Gasteiger partial charge in [-0.15, -0.1) is 0 Å². The molecule has 2 N–H and O–H groups in total. The second-order valence-electron chi connectivity index (χ2n) is 5.60. The molecule has 1 aromatic rings. The van der Waals surface area contributed by atoms with Crippen LogP contribution in [-0.2, 0) is 9.53 Å². The predicted octanol–water partition coefficient (Wildman–Crippen LogP) is 1.96. The first-order valence-electron chi connectivity index (χ1n) is 7.67. The van der Waals surface area contributed by atoms with Crippen molar-refractivity contribution in [3.05, 3.63) is 16.3 Å². The number of ether oxygens (including phenoxy) is 1. The van der Waals surface area contributed by atoms with Crippen LogP contribution in [0.4, 0.5) is 17.5 Å². The van der Waals surface area contributed by atoms with E-state index in [-0.39, 0.29) is 29.4 Å². The summed E-state index contributed by atoms with van der Waals surface area (Å²) in [4.78, 5) is 30.0. The van der Waals surface area contributed by atoms with Gasteiger partial charge in [-0.2, -0.15) is 4.98 Å². The number of aromatic nitrogens is 2. The zero-order valence-electron chi connectivity index (χ0n) is 13.2. The predicted molar refractivity (Wildman–Crippen MR) is 84.2 cm³/mol. The van der Waals surface area contributed by atoms with Gasteiger partial charge in [-0.05, 0) is 25.7 Å². The maximum atomic E-state index is 11.4. The van der Waals surface area contributed by atoms with Crippen molar-refractivity contribution in [2.75, 3.05) is 23.8 Å². The maximum absolute atomic E-state index is 11.4. The van der Waals surface area contributed by atoms with Gasteiger partial charge in [0.15, 0.2) is 0 Å². The SMILES string of the molecule is CCOC(=O)CC(C)CNc1ncc([N+](=O)[O-])c(NC2CC2)n1. The van der Waals surface area contributed by atoms with Crippen molar-refractivity contribution >= 4 is 23.4 Å². The molecule has 0 radical (unpaired) electrons. The molecule has 1 atom stereocenters. The third-order valence-corrected chi connectivity index (χ3v) is 3.31. The molecule has 126 valence electrons. The first-order chi connectivity index (χ1) is 11.0. The third kappa shape index (κ3) is 5.35. The fourth-order valence-electron chi connectivity index (χ4n) is 1.96. The van der Waals surface area contributed by atoms with Crippen molar-refractivity contribution in [3.8, 4) is 0 Å². The molecule has 0 amide bonds. The summed E-state index contributed by atoms with van der Waals surface area (Å²) in [5.41, 5.74) is -0.137. The van der Waals surface area contributed by atoms with E-state index in [1.54, 1.807) is 6.92 Å². The Kier molecular flexibility index (Phi) is 5.67. The van der Waals surface area contributed by atoms with E-state index in [4.69, 9.17) is 4.74 Å². The summed E-state index contributed by atoms with van der Waals surface area (Å²) in [6.45, 7) is 4.50. The Morgan fingerprint density at radius 1 is 1.57 bits per heavy atom. The van der Waals surface area contributed by atoms with Gasteiger partial charge in [-0.3, -0.25) is 14.9 Å². The molecule has 0 bridgehead atoms. The monoisotopic (exact) mass is 323 g/mol. The zero-order chi connectivity index (χ0) is 16.8. The normalized spacial score (nSPS) is 14.9. The topological polar surface area (TPSA) is 119 Å². The van der Waals surface area contributed by atoms with Crippen molar-refractivity contribution in [2.45, 2.75) is 39.2 Å². The number of rotatable bonds is 9. The Morgan fingerprint density at radius 2 is 2.30 bits per heavy atom. The smallest absolute Gasteiger partial charge is 0.329 e. The van der Waals surface area contributed by atoms with E-state index in [2.05, 4.69) is 20.6 Å². The van der Waals surface area contributed by atoms with Gasteiger partial charge in [0.1, 0.15) is 6.20 Å². The van der Waals surface area contributed by atoms with Gasteiger partial charge in [-0.25, -0.2) is 4.98 Å².